The maximum absolute atomic E-state index is 5.40. The van der Waals surface area contributed by atoms with Gasteiger partial charge in [0.05, 0.1) is 0 Å². The molecule has 2 aromatic rings. The van der Waals surface area contributed by atoms with Crippen LogP contribution in [-0.2, 0) is 6.42 Å². The van der Waals surface area contributed by atoms with Crippen molar-refractivity contribution in [3.05, 3.63) is 46.7 Å². The number of anilines is 2. The van der Waals surface area contributed by atoms with E-state index in [4.69, 9.17) is 5.84 Å². The molecule has 3 N–H and O–H groups in total. The molecule has 0 amide bonds. The molecular formula is C13H16BrN5. The fraction of sp³-hybridized carbons (Fsp3) is 0.231. The number of nitrogens with one attached hydrogen (secondary N) is 1. The van der Waals surface area contributed by atoms with Crippen LogP contribution < -0.4 is 16.2 Å². The summed E-state index contributed by atoms with van der Waals surface area (Å²) in [6, 6.07) is 10.4. The van der Waals surface area contributed by atoms with Crippen molar-refractivity contribution in [1.82, 2.24) is 9.97 Å². The quantitative estimate of drug-likeness (QED) is 0.652. The standard InChI is InChI=1S/C13H16BrN5/c1-19(8-7-10-5-3-2-4-6-10)13-11(14)12(18-15)16-9-17-13/h2-6,9H,7-8,15H2,1H3,(H,16,17,18). The molecule has 0 atom stereocenters. The van der Waals surface area contributed by atoms with Crippen molar-refractivity contribution < 1.29 is 0 Å². The maximum Gasteiger partial charge on any atom is 0.159 e. The van der Waals surface area contributed by atoms with E-state index in [0.717, 1.165) is 23.3 Å². The highest BCUT2D eigenvalue weighted by Gasteiger charge is 2.11. The number of likely N-dealkylation sites (N-methyl/N-ethyl adjacent to an activating group) is 1. The number of hydrazine groups is 1. The number of rotatable bonds is 5. The number of aromatic nitrogens is 2. The van der Waals surface area contributed by atoms with E-state index in [1.165, 1.54) is 11.9 Å². The zero-order valence-electron chi connectivity index (χ0n) is 10.7. The smallest absolute Gasteiger partial charge is 0.159 e. The van der Waals surface area contributed by atoms with E-state index < -0.39 is 0 Å². The summed E-state index contributed by atoms with van der Waals surface area (Å²) in [6.07, 6.45) is 2.45. The number of hydrogen-bond donors (Lipinski definition) is 2. The number of nitrogens with two attached hydrogens (primary N) is 1. The lowest BCUT2D eigenvalue weighted by molar-refractivity contribution is 0.852. The van der Waals surface area contributed by atoms with Gasteiger partial charge in [0, 0.05) is 13.6 Å². The minimum Gasteiger partial charge on any atom is -0.358 e. The number of nitrogens with zero attached hydrogens (tertiary/aromatic N) is 3. The number of benzene rings is 1. The molecule has 0 aliphatic heterocycles. The molecule has 1 aromatic carbocycles. The number of nitrogen functional groups attached to an aromatic ring is 1. The lowest BCUT2D eigenvalue weighted by Crippen LogP contribution is -2.23. The largest absolute Gasteiger partial charge is 0.358 e. The van der Waals surface area contributed by atoms with Crippen LogP contribution in [0.3, 0.4) is 0 Å². The summed E-state index contributed by atoms with van der Waals surface area (Å²) in [5.41, 5.74) is 3.84. The fourth-order valence-corrected chi connectivity index (χ4v) is 2.40. The third kappa shape index (κ3) is 3.42. The Bertz CT molecular complexity index is 532. The van der Waals surface area contributed by atoms with Gasteiger partial charge in [-0.3, -0.25) is 0 Å². The molecule has 19 heavy (non-hydrogen) atoms. The van der Waals surface area contributed by atoms with Crippen molar-refractivity contribution >= 4 is 27.6 Å². The lowest BCUT2D eigenvalue weighted by Gasteiger charge is -2.20. The van der Waals surface area contributed by atoms with Gasteiger partial charge >= 0.3 is 0 Å². The Morgan fingerprint density at radius 2 is 2.00 bits per heavy atom. The molecule has 0 saturated heterocycles. The van der Waals surface area contributed by atoms with Crippen LogP contribution in [0.15, 0.2) is 41.1 Å². The van der Waals surface area contributed by atoms with Gasteiger partial charge in [-0.05, 0) is 27.9 Å². The molecule has 0 unspecified atom stereocenters. The van der Waals surface area contributed by atoms with Gasteiger partial charge in [-0.25, -0.2) is 15.8 Å². The van der Waals surface area contributed by atoms with Gasteiger partial charge in [-0.15, -0.1) is 0 Å². The van der Waals surface area contributed by atoms with E-state index in [2.05, 4.69) is 48.4 Å². The number of hydrogen-bond acceptors (Lipinski definition) is 5. The van der Waals surface area contributed by atoms with E-state index in [0.29, 0.717) is 5.82 Å². The third-order valence-corrected chi connectivity index (χ3v) is 3.58. The van der Waals surface area contributed by atoms with E-state index in [9.17, 15) is 0 Å². The highest BCUT2D eigenvalue weighted by atomic mass is 79.9. The Morgan fingerprint density at radius 1 is 1.26 bits per heavy atom. The first-order valence-corrected chi connectivity index (χ1v) is 6.74. The lowest BCUT2D eigenvalue weighted by atomic mass is 10.1. The van der Waals surface area contributed by atoms with Gasteiger partial charge in [-0.2, -0.15) is 0 Å². The van der Waals surface area contributed by atoms with E-state index in [1.807, 2.05) is 25.2 Å². The van der Waals surface area contributed by atoms with Crippen molar-refractivity contribution in [2.45, 2.75) is 6.42 Å². The molecule has 0 saturated carbocycles. The van der Waals surface area contributed by atoms with Gasteiger partial charge in [0.1, 0.15) is 16.6 Å². The van der Waals surface area contributed by atoms with Crippen molar-refractivity contribution in [2.24, 2.45) is 5.84 Å². The van der Waals surface area contributed by atoms with Crippen LogP contribution in [0, 0.1) is 0 Å². The van der Waals surface area contributed by atoms with Crippen LogP contribution >= 0.6 is 15.9 Å². The second kappa shape index (κ2) is 6.49. The molecule has 0 aliphatic rings. The maximum atomic E-state index is 5.40. The first-order valence-electron chi connectivity index (χ1n) is 5.94. The summed E-state index contributed by atoms with van der Waals surface area (Å²) in [4.78, 5) is 10.4. The second-order valence-corrected chi connectivity index (χ2v) is 4.95. The van der Waals surface area contributed by atoms with Gasteiger partial charge in [0.2, 0.25) is 0 Å². The van der Waals surface area contributed by atoms with Gasteiger partial charge in [0.25, 0.3) is 0 Å². The summed E-state index contributed by atoms with van der Waals surface area (Å²) < 4.78 is 0.771. The molecule has 100 valence electrons. The summed E-state index contributed by atoms with van der Waals surface area (Å²) >= 11 is 3.46. The highest BCUT2D eigenvalue weighted by molar-refractivity contribution is 9.10. The molecule has 5 nitrogen and oxygen atoms in total. The SMILES string of the molecule is CN(CCc1ccccc1)c1ncnc(NN)c1Br. The molecule has 0 radical (unpaired) electrons. The topological polar surface area (TPSA) is 67.1 Å². The van der Waals surface area contributed by atoms with Crippen LogP contribution in [0.25, 0.3) is 0 Å². The molecule has 0 bridgehead atoms. The molecular weight excluding hydrogens is 306 g/mol. The minimum atomic E-state index is 0.580. The normalized spacial score (nSPS) is 10.3. The monoisotopic (exact) mass is 321 g/mol. The first kappa shape index (κ1) is 13.8. The second-order valence-electron chi connectivity index (χ2n) is 4.16. The molecule has 1 heterocycles. The third-order valence-electron chi connectivity index (χ3n) is 2.85. The number of halogens is 1. The molecule has 6 heteroatoms. The van der Waals surface area contributed by atoms with Crippen LogP contribution in [0.4, 0.5) is 11.6 Å². The summed E-state index contributed by atoms with van der Waals surface area (Å²) in [6.45, 7) is 0.865. The summed E-state index contributed by atoms with van der Waals surface area (Å²) in [5.74, 6) is 6.79. The molecule has 0 fully saturated rings. The van der Waals surface area contributed by atoms with Gasteiger partial charge in [-0.1, -0.05) is 30.3 Å². The predicted molar refractivity (Wildman–Crippen MR) is 81.0 cm³/mol. The zero-order valence-corrected chi connectivity index (χ0v) is 12.3. The van der Waals surface area contributed by atoms with E-state index in [1.54, 1.807) is 0 Å². The van der Waals surface area contributed by atoms with E-state index in [-0.39, 0.29) is 0 Å². The highest BCUT2D eigenvalue weighted by Crippen LogP contribution is 2.28. The molecule has 0 spiro atoms. The Morgan fingerprint density at radius 3 is 2.68 bits per heavy atom. The summed E-state index contributed by atoms with van der Waals surface area (Å²) in [5, 5.41) is 0. The summed E-state index contributed by atoms with van der Waals surface area (Å²) in [7, 11) is 2.00. The Kier molecular flexibility index (Phi) is 4.70. The Labute approximate surface area is 121 Å². The average molecular weight is 322 g/mol. The van der Waals surface area contributed by atoms with Crippen molar-refractivity contribution in [2.75, 3.05) is 23.9 Å². The molecule has 0 aliphatic carbocycles. The van der Waals surface area contributed by atoms with Crippen LogP contribution in [0.5, 0.6) is 0 Å². The van der Waals surface area contributed by atoms with Crippen molar-refractivity contribution in [3.63, 3.8) is 0 Å². The van der Waals surface area contributed by atoms with Gasteiger partial charge in [0.15, 0.2) is 5.82 Å². The van der Waals surface area contributed by atoms with Crippen LogP contribution in [0.1, 0.15) is 5.56 Å². The van der Waals surface area contributed by atoms with Crippen LogP contribution in [0.2, 0.25) is 0 Å². The van der Waals surface area contributed by atoms with Crippen molar-refractivity contribution in [3.8, 4) is 0 Å². The fourth-order valence-electron chi connectivity index (χ4n) is 1.77. The minimum absolute atomic E-state index is 0.580. The van der Waals surface area contributed by atoms with Gasteiger partial charge < -0.3 is 10.3 Å². The Hall–Kier alpha value is -1.66. The van der Waals surface area contributed by atoms with Crippen LogP contribution in [-0.4, -0.2) is 23.6 Å². The first-order chi connectivity index (χ1) is 9.22. The zero-order chi connectivity index (χ0) is 13.7. The molecule has 1 aromatic heterocycles. The Balaban J connectivity index is 2.06. The molecule has 2 rings (SSSR count). The van der Waals surface area contributed by atoms with Crippen molar-refractivity contribution in [1.29, 1.82) is 0 Å². The average Bonchev–Trinajstić information content (AvgIpc) is 2.46. The van der Waals surface area contributed by atoms with E-state index >= 15 is 0 Å². The predicted octanol–water partition coefficient (Wildman–Crippen LogP) is 2.20.